The van der Waals surface area contributed by atoms with Crippen molar-refractivity contribution in [3.05, 3.63) is 35.4 Å². The lowest BCUT2D eigenvalue weighted by Crippen LogP contribution is -2.42. The average Bonchev–Trinajstić information content (AvgIpc) is 3.00. The SMILES string of the molecule is CCOC[C@H]1CCN(C(=O)N[C@H](c2ccc(F)cc2F)C(C)C)C1. The molecule has 1 N–H and O–H groups in total. The van der Waals surface area contributed by atoms with Crippen molar-refractivity contribution in [1.29, 1.82) is 0 Å². The zero-order valence-electron chi connectivity index (χ0n) is 14.5. The number of rotatable bonds is 6. The highest BCUT2D eigenvalue weighted by atomic mass is 19.1. The van der Waals surface area contributed by atoms with Crippen LogP contribution in [0, 0.1) is 23.5 Å². The van der Waals surface area contributed by atoms with E-state index in [1.807, 2.05) is 20.8 Å². The van der Waals surface area contributed by atoms with E-state index in [2.05, 4.69) is 5.32 Å². The zero-order chi connectivity index (χ0) is 17.7. The van der Waals surface area contributed by atoms with E-state index in [1.54, 1.807) is 4.90 Å². The summed E-state index contributed by atoms with van der Waals surface area (Å²) in [4.78, 5) is 14.2. The topological polar surface area (TPSA) is 41.6 Å². The van der Waals surface area contributed by atoms with Gasteiger partial charge in [-0.25, -0.2) is 13.6 Å². The number of nitrogens with one attached hydrogen (secondary N) is 1. The van der Waals surface area contributed by atoms with Crippen LogP contribution in [0.15, 0.2) is 18.2 Å². The highest BCUT2D eigenvalue weighted by molar-refractivity contribution is 5.75. The number of hydrogen-bond donors (Lipinski definition) is 1. The van der Waals surface area contributed by atoms with Gasteiger partial charge in [-0.15, -0.1) is 0 Å². The fourth-order valence-electron chi connectivity index (χ4n) is 3.02. The number of nitrogens with zero attached hydrogens (tertiary/aromatic N) is 1. The molecule has 1 heterocycles. The van der Waals surface area contributed by atoms with Crippen LogP contribution in [0.4, 0.5) is 13.6 Å². The summed E-state index contributed by atoms with van der Waals surface area (Å²) in [5.74, 6) is -0.931. The first kappa shape index (κ1) is 18.6. The van der Waals surface area contributed by atoms with Crippen LogP contribution in [0.1, 0.15) is 38.8 Å². The number of likely N-dealkylation sites (tertiary alicyclic amines) is 1. The van der Waals surface area contributed by atoms with Gasteiger partial charge in [-0.2, -0.15) is 0 Å². The Morgan fingerprint density at radius 2 is 2.17 bits per heavy atom. The molecule has 0 aliphatic carbocycles. The first-order chi connectivity index (χ1) is 11.4. The second-order valence-corrected chi connectivity index (χ2v) is 6.60. The molecule has 0 radical (unpaired) electrons. The minimum atomic E-state index is -0.635. The Kier molecular flexibility index (Phi) is 6.54. The summed E-state index contributed by atoms with van der Waals surface area (Å²) in [7, 11) is 0. The summed E-state index contributed by atoms with van der Waals surface area (Å²) in [6, 6.07) is 2.76. The fraction of sp³-hybridized carbons (Fsp3) is 0.611. The Morgan fingerprint density at radius 3 is 2.79 bits per heavy atom. The number of halogens is 2. The van der Waals surface area contributed by atoms with Gasteiger partial charge in [-0.3, -0.25) is 0 Å². The third kappa shape index (κ3) is 4.66. The third-order valence-electron chi connectivity index (χ3n) is 4.37. The van der Waals surface area contributed by atoms with E-state index in [-0.39, 0.29) is 11.9 Å². The summed E-state index contributed by atoms with van der Waals surface area (Å²) in [5, 5.41) is 2.90. The molecule has 134 valence electrons. The van der Waals surface area contributed by atoms with Gasteiger partial charge in [0.25, 0.3) is 0 Å². The first-order valence-electron chi connectivity index (χ1n) is 8.50. The van der Waals surface area contributed by atoms with Gasteiger partial charge >= 0.3 is 6.03 Å². The second kappa shape index (κ2) is 8.42. The molecule has 2 rings (SSSR count). The summed E-state index contributed by atoms with van der Waals surface area (Å²) in [5.41, 5.74) is 0.310. The van der Waals surface area contributed by atoms with Crippen molar-refractivity contribution in [1.82, 2.24) is 10.2 Å². The lowest BCUT2D eigenvalue weighted by atomic mass is 9.95. The fourth-order valence-corrected chi connectivity index (χ4v) is 3.02. The minimum Gasteiger partial charge on any atom is -0.381 e. The van der Waals surface area contributed by atoms with Crippen LogP contribution in [-0.2, 0) is 4.74 Å². The predicted octanol–water partition coefficient (Wildman–Crippen LogP) is 3.73. The van der Waals surface area contributed by atoms with Crippen LogP contribution < -0.4 is 5.32 Å². The Bertz CT molecular complexity index is 566. The predicted molar refractivity (Wildman–Crippen MR) is 88.6 cm³/mol. The summed E-state index contributed by atoms with van der Waals surface area (Å²) < 4.78 is 32.6. The molecule has 4 nitrogen and oxygen atoms in total. The van der Waals surface area contributed by atoms with Crippen molar-refractivity contribution >= 4 is 6.03 Å². The molecule has 2 amide bonds. The van der Waals surface area contributed by atoms with Crippen LogP contribution >= 0.6 is 0 Å². The van der Waals surface area contributed by atoms with Crippen LogP contribution in [0.5, 0.6) is 0 Å². The number of benzene rings is 1. The second-order valence-electron chi connectivity index (χ2n) is 6.60. The number of carbonyl (C=O) groups excluding carboxylic acids is 1. The molecule has 1 aromatic carbocycles. The molecular formula is C18H26F2N2O2. The van der Waals surface area contributed by atoms with E-state index in [4.69, 9.17) is 4.74 Å². The molecule has 2 atom stereocenters. The number of hydrogen-bond acceptors (Lipinski definition) is 2. The van der Waals surface area contributed by atoms with Gasteiger partial charge in [0.15, 0.2) is 0 Å². The molecule has 0 bridgehead atoms. The van der Waals surface area contributed by atoms with Crippen molar-refractivity contribution in [2.45, 2.75) is 33.2 Å². The highest BCUT2D eigenvalue weighted by Crippen LogP contribution is 2.26. The molecule has 1 aliphatic rings. The molecule has 0 spiro atoms. The molecule has 24 heavy (non-hydrogen) atoms. The zero-order valence-corrected chi connectivity index (χ0v) is 14.5. The van der Waals surface area contributed by atoms with Crippen molar-refractivity contribution < 1.29 is 18.3 Å². The Morgan fingerprint density at radius 1 is 1.42 bits per heavy atom. The highest BCUT2D eigenvalue weighted by Gasteiger charge is 2.29. The molecule has 1 aliphatic heterocycles. The minimum absolute atomic E-state index is 0.0178. The summed E-state index contributed by atoms with van der Waals surface area (Å²) in [6.07, 6.45) is 0.907. The van der Waals surface area contributed by atoms with Crippen LogP contribution in [0.3, 0.4) is 0 Å². The van der Waals surface area contributed by atoms with Gasteiger partial charge in [0.05, 0.1) is 12.6 Å². The van der Waals surface area contributed by atoms with Gasteiger partial charge in [-0.1, -0.05) is 19.9 Å². The maximum Gasteiger partial charge on any atom is 0.317 e. The number of carbonyl (C=O) groups is 1. The summed E-state index contributed by atoms with van der Waals surface area (Å²) in [6.45, 7) is 8.38. The normalized spacial score (nSPS) is 18.9. The Labute approximate surface area is 142 Å². The van der Waals surface area contributed by atoms with Crippen molar-refractivity contribution in [3.8, 4) is 0 Å². The van der Waals surface area contributed by atoms with E-state index in [1.165, 1.54) is 12.1 Å². The smallest absolute Gasteiger partial charge is 0.317 e. The van der Waals surface area contributed by atoms with Crippen LogP contribution in [0.25, 0.3) is 0 Å². The van der Waals surface area contributed by atoms with Crippen molar-refractivity contribution in [2.75, 3.05) is 26.3 Å². The number of urea groups is 1. The maximum atomic E-state index is 14.1. The van der Waals surface area contributed by atoms with Gasteiger partial charge in [0, 0.05) is 37.2 Å². The van der Waals surface area contributed by atoms with Crippen LogP contribution in [-0.4, -0.2) is 37.2 Å². The van der Waals surface area contributed by atoms with Gasteiger partial charge in [-0.05, 0) is 25.3 Å². The molecule has 0 saturated carbocycles. The van der Waals surface area contributed by atoms with Crippen LogP contribution in [0.2, 0.25) is 0 Å². The van der Waals surface area contributed by atoms with E-state index in [9.17, 15) is 13.6 Å². The lowest BCUT2D eigenvalue weighted by Gasteiger charge is -2.26. The molecule has 6 heteroatoms. The molecule has 1 fully saturated rings. The third-order valence-corrected chi connectivity index (χ3v) is 4.37. The van der Waals surface area contributed by atoms with Gasteiger partial charge < -0.3 is 15.0 Å². The Balaban J connectivity index is 2.02. The molecule has 0 aromatic heterocycles. The number of amides is 2. The summed E-state index contributed by atoms with van der Waals surface area (Å²) >= 11 is 0. The average molecular weight is 340 g/mol. The molecular weight excluding hydrogens is 314 g/mol. The van der Waals surface area contributed by atoms with Crippen molar-refractivity contribution in [2.24, 2.45) is 11.8 Å². The standard InChI is InChI=1S/C18H26F2N2O2/c1-4-24-11-13-7-8-22(10-13)18(23)21-17(12(2)3)15-6-5-14(19)9-16(15)20/h5-6,9,12-13,17H,4,7-8,10-11H2,1-3H3,(H,21,23)/t13-,17-/m0/s1. The quantitative estimate of drug-likeness (QED) is 0.857. The first-order valence-corrected chi connectivity index (χ1v) is 8.50. The van der Waals surface area contributed by atoms with Gasteiger partial charge in [0.1, 0.15) is 11.6 Å². The monoisotopic (exact) mass is 340 g/mol. The molecule has 0 unspecified atom stereocenters. The van der Waals surface area contributed by atoms with E-state index >= 15 is 0 Å². The molecule has 1 aromatic rings. The van der Waals surface area contributed by atoms with Crippen molar-refractivity contribution in [3.63, 3.8) is 0 Å². The van der Waals surface area contributed by atoms with E-state index < -0.39 is 17.7 Å². The molecule has 1 saturated heterocycles. The maximum absolute atomic E-state index is 14.1. The lowest BCUT2D eigenvalue weighted by molar-refractivity contribution is 0.113. The van der Waals surface area contributed by atoms with E-state index in [0.717, 1.165) is 12.5 Å². The number of ether oxygens (including phenoxy) is 1. The van der Waals surface area contributed by atoms with Gasteiger partial charge in [0.2, 0.25) is 0 Å². The Hall–Kier alpha value is -1.69. The van der Waals surface area contributed by atoms with E-state index in [0.29, 0.717) is 37.8 Å². The largest absolute Gasteiger partial charge is 0.381 e.